The predicted octanol–water partition coefficient (Wildman–Crippen LogP) is 2.48. The van der Waals surface area contributed by atoms with E-state index in [1.165, 1.54) is 11.8 Å². The van der Waals surface area contributed by atoms with E-state index in [0.29, 0.717) is 22.1 Å². The van der Waals surface area contributed by atoms with Crippen molar-refractivity contribution in [2.24, 2.45) is 0 Å². The van der Waals surface area contributed by atoms with Crippen molar-refractivity contribution in [3.8, 4) is 0 Å². The fourth-order valence-electron chi connectivity index (χ4n) is 2.43. The minimum Gasteiger partial charge on any atom is -0.323 e. The number of benzene rings is 1. The van der Waals surface area contributed by atoms with Crippen molar-refractivity contribution in [1.29, 1.82) is 0 Å². The van der Waals surface area contributed by atoms with Crippen LogP contribution in [0.1, 0.15) is 11.4 Å². The average molecular weight is 371 g/mol. The molecule has 0 unspecified atom stereocenters. The molecule has 3 heterocycles. The van der Waals surface area contributed by atoms with E-state index in [-0.39, 0.29) is 11.7 Å². The lowest BCUT2D eigenvalue weighted by Gasteiger charge is -2.04. The van der Waals surface area contributed by atoms with Gasteiger partial charge in [-0.25, -0.2) is 9.50 Å². The lowest BCUT2D eigenvalue weighted by molar-refractivity contribution is -0.113. The molecule has 4 aromatic rings. The summed E-state index contributed by atoms with van der Waals surface area (Å²) in [7, 11) is 0. The van der Waals surface area contributed by atoms with Crippen LogP contribution in [0.4, 0.5) is 5.69 Å². The van der Waals surface area contributed by atoms with E-state index >= 15 is 0 Å². The van der Waals surface area contributed by atoms with Gasteiger partial charge in [0.25, 0.3) is 5.78 Å². The van der Waals surface area contributed by atoms with E-state index in [1.807, 2.05) is 38.1 Å². The first-order chi connectivity index (χ1) is 12.1. The standard InChI is InChI=1S/C15H13N7OS2/c1-8-6-9(2)22-14(16-8)18-15(19-22)24-7-12(23)17-10-4-3-5-11-13(10)21-25-20-11/h3-6H,7H2,1-2H3,(H,17,23). The number of nitrogens with zero attached hydrogens (tertiary/aromatic N) is 6. The van der Waals surface area contributed by atoms with Crippen LogP contribution in [0.25, 0.3) is 16.8 Å². The van der Waals surface area contributed by atoms with Gasteiger partial charge in [0.1, 0.15) is 11.0 Å². The Morgan fingerprint density at radius 3 is 3.04 bits per heavy atom. The number of rotatable bonds is 4. The van der Waals surface area contributed by atoms with Gasteiger partial charge in [-0.3, -0.25) is 4.79 Å². The maximum atomic E-state index is 12.2. The van der Waals surface area contributed by atoms with E-state index < -0.39 is 0 Å². The van der Waals surface area contributed by atoms with Gasteiger partial charge in [-0.1, -0.05) is 17.8 Å². The van der Waals surface area contributed by atoms with Crippen molar-refractivity contribution in [3.63, 3.8) is 0 Å². The minimum atomic E-state index is -0.148. The van der Waals surface area contributed by atoms with Crippen LogP contribution >= 0.6 is 23.5 Å². The molecule has 1 amide bonds. The maximum absolute atomic E-state index is 12.2. The Labute approximate surface area is 151 Å². The zero-order valence-corrected chi connectivity index (χ0v) is 15.1. The van der Waals surface area contributed by atoms with Crippen LogP contribution < -0.4 is 5.32 Å². The number of amides is 1. The minimum absolute atomic E-state index is 0.148. The van der Waals surface area contributed by atoms with Gasteiger partial charge in [-0.15, -0.1) is 5.10 Å². The molecule has 0 saturated carbocycles. The second-order valence-electron chi connectivity index (χ2n) is 5.42. The molecular formula is C15H13N7OS2. The summed E-state index contributed by atoms with van der Waals surface area (Å²) < 4.78 is 10.0. The summed E-state index contributed by atoms with van der Waals surface area (Å²) in [5.74, 6) is 0.590. The number of carbonyl (C=O) groups excluding carboxylic acids is 1. The van der Waals surface area contributed by atoms with Crippen molar-refractivity contribution < 1.29 is 4.79 Å². The quantitative estimate of drug-likeness (QED) is 0.550. The number of carbonyl (C=O) groups is 1. The number of anilines is 1. The van der Waals surface area contributed by atoms with E-state index in [9.17, 15) is 4.79 Å². The number of fused-ring (bicyclic) bond motifs is 2. The normalized spacial score (nSPS) is 11.3. The first-order valence-corrected chi connectivity index (χ1v) is 9.17. The number of aryl methyl sites for hydroxylation is 2. The summed E-state index contributed by atoms with van der Waals surface area (Å²) in [6, 6.07) is 7.45. The Morgan fingerprint density at radius 1 is 1.28 bits per heavy atom. The van der Waals surface area contributed by atoms with Crippen LogP contribution in [0.2, 0.25) is 0 Å². The molecule has 0 radical (unpaired) electrons. The molecule has 0 aliphatic carbocycles. The summed E-state index contributed by atoms with van der Waals surface area (Å²) in [5, 5.41) is 7.76. The maximum Gasteiger partial charge on any atom is 0.253 e. The molecule has 0 spiro atoms. The fourth-order valence-corrected chi connectivity index (χ4v) is 3.60. The molecule has 3 aromatic heterocycles. The van der Waals surface area contributed by atoms with Crippen LogP contribution in [-0.2, 0) is 4.79 Å². The Bertz CT molecular complexity index is 1090. The molecule has 1 aromatic carbocycles. The molecule has 1 N–H and O–H groups in total. The Balaban J connectivity index is 1.47. The molecule has 0 aliphatic heterocycles. The van der Waals surface area contributed by atoms with Gasteiger partial charge < -0.3 is 5.32 Å². The smallest absolute Gasteiger partial charge is 0.253 e. The number of thioether (sulfide) groups is 1. The highest BCUT2D eigenvalue weighted by Gasteiger charge is 2.12. The summed E-state index contributed by atoms with van der Waals surface area (Å²) in [4.78, 5) is 20.9. The third-order valence-corrected chi connectivity index (χ3v) is 4.87. The molecule has 0 bridgehead atoms. The SMILES string of the molecule is Cc1cc(C)n2nc(SCC(=O)Nc3cccc4nsnc34)nc2n1. The van der Waals surface area contributed by atoms with Crippen LogP contribution in [0.15, 0.2) is 29.4 Å². The molecule has 0 aliphatic rings. The second kappa shape index (κ2) is 6.37. The molecule has 126 valence electrons. The highest BCUT2D eigenvalue weighted by molar-refractivity contribution is 7.99. The van der Waals surface area contributed by atoms with Crippen LogP contribution in [0.3, 0.4) is 0 Å². The lowest BCUT2D eigenvalue weighted by Crippen LogP contribution is -2.14. The van der Waals surface area contributed by atoms with Gasteiger partial charge in [-0.2, -0.15) is 13.7 Å². The molecule has 0 saturated heterocycles. The largest absolute Gasteiger partial charge is 0.323 e. The van der Waals surface area contributed by atoms with Crippen molar-refractivity contribution in [3.05, 3.63) is 35.7 Å². The number of aromatic nitrogens is 6. The van der Waals surface area contributed by atoms with Gasteiger partial charge >= 0.3 is 0 Å². The summed E-state index contributed by atoms with van der Waals surface area (Å²) in [6.07, 6.45) is 0. The first kappa shape index (κ1) is 15.9. The highest BCUT2D eigenvalue weighted by atomic mass is 32.2. The zero-order valence-electron chi connectivity index (χ0n) is 13.4. The van der Waals surface area contributed by atoms with Gasteiger partial charge in [0.2, 0.25) is 11.1 Å². The molecular weight excluding hydrogens is 358 g/mol. The Morgan fingerprint density at radius 2 is 2.16 bits per heavy atom. The van der Waals surface area contributed by atoms with E-state index in [4.69, 9.17) is 0 Å². The summed E-state index contributed by atoms with van der Waals surface area (Å²) >= 11 is 2.39. The third kappa shape index (κ3) is 3.17. The Hall–Kier alpha value is -2.59. The van der Waals surface area contributed by atoms with Crippen molar-refractivity contribution in [2.45, 2.75) is 19.0 Å². The molecule has 0 atom stereocenters. The van der Waals surface area contributed by atoms with Crippen LogP contribution in [0, 0.1) is 13.8 Å². The van der Waals surface area contributed by atoms with E-state index in [1.54, 1.807) is 4.52 Å². The first-order valence-electron chi connectivity index (χ1n) is 7.45. The summed E-state index contributed by atoms with van der Waals surface area (Å²) in [6.45, 7) is 3.86. The number of hydrogen-bond donors (Lipinski definition) is 1. The predicted molar refractivity (Wildman–Crippen MR) is 97.0 cm³/mol. The third-order valence-electron chi connectivity index (χ3n) is 3.49. The highest BCUT2D eigenvalue weighted by Crippen LogP contribution is 2.22. The zero-order chi connectivity index (χ0) is 17.4. The van der Waals surface area contributed by atoms with Gasteiger partial charge in [0.15, 0.2) is 0 Å². The second-order valence-corrected chi connectivity index (χ2v) is 6.89. The Kier molecular flexibility index (Phi) is 4.06. The van der Waals surface area contributed by atoms with Gasteiger partial charge in [0, 0.05) is 11.4 Å². The molecule has 10 heteroatoms. The van der Waals surface area contributed by atoms with Gasteiger partial charge in [0.05, 0.1) is 23.2 Å². The van der Waals surface area contributed by atoms with Crippen molar-refractivity contribution in [2.75, 3.05) is 11.1 Å². The number of nitrogens with one attached hydrogen (secondary N) is 1. The van der Waals surface area contributed by atoms with Crippen LogP contribution in [-0.4, -0.2) is 40.0 Å². The fraction of sp³-hybridized carbons (Fsp3) is 0.200. The molecule has 8 nitrogen and oxygen atoms in total. The molecule has 4 rings (SSSR count). The van der Waals surface area contributed by atoms with Crippen molar-refractivity contribution >= 4 is 51.9 Å². The lowest BCUT2D eigenvalue weighted by atomic mass is 10.2. The average Bonchev–Trinajstić information content (AvgIpc) is 3.20. The van der Waals surface area contributed by atoms with E-state index in [2.05, 4.69) is 29.1 Å². The molecule has 25 heavy (non-hydrogen) atoms. The van der Waals surface area contributed by atoms with Crippen molar-refractivity contribution in [1.82, 2.24) is 28.3 Å². The number of hydrogen-bond acceptors (Lipinski definition) is 8. The monoisotopic (exact) mass is 371 g/mol. The van der Waals surface area contributed by atoms with E-state index in [0.717, 1.165) is 28.6 Å². The topological polar surface area (TPSA) is 98.0 Å². The molecule has 0 fully saturated rings. The van der Waals surface area contributed by atoms with Gasteiger partial charge in [-0.05, 0) is 32.0 Å². The summed E-state index contributed by atoms with van der Waals surface area (Å²) in [5.41, 5.74) is 3.97. The van der Waals surface area contributed by atoms with Crippen LogP contribution in [0.5, 0.6) is 0 Å².